The van der Waals surface area contributed by atoms with E-state index in [4.69, 9.17) is 10.5 Å². The minimum absolute atomic E-state index is 0.0309. The molecule has 1 fully saturated rings. The van der Waals surface area contributed by atoms with Crippen molar-refractivity contribution in [1.29, 1.82) is 0 Å². The van der Waals surface area contributed by atoms with Crippen molar-refractivity contribution in [2.45, 2.75) is 82.2 Å². The summed E-state index contributed by atoms with van der Waals surface area (Å²) < 4.78 is 32.4. The molecule has 172 valence electrons. The predicted molar refractivity (Wildman–Crippen MR) is 118 cm³/mol. The van der Waals surface area contributed by atoms with Crippen molar-refractivity contribution in [3.05, 3.63) is 34.9 Å². The summed E-state index contributed by atoms with van der Waals surface area (Å²) >= 11 is 1.64. The Morgan fingerprint density at radius 1 is 1.29 bits per heavy atom. The van der Waals surface area contributed by atoms with Gasteiger partial charge in [0.2, 0.25) is 5.91 Å². The number of ether oxygens (including phenoxy) is 1. The zero-order valence-electron chi connectivity index (χ0n) is 18.8. The largest absolute Gasteiger partial charge is 0.458 e. The SMILES string of the molecule is CC(C)(C)OC(=O)C1N(C(=O)CC(N)C2CCc3cc(F)c(F)cc32)CCSC1(C)C. The van der Waals surface area contributed by atoms with Gasteiger partial charge < -0.3 is 15.4 Å². The molecule has 8 heteroatoms. The van der Waals surface area contributed by atoms with Crippen molar-refractivity contribution in [2.24, 2.45) is 5.73 Å². The third-order valence-corrected chi connectivity index (χ3v) is 7.31. The Bertz CT molecular complexity index is 869. The van der Waals surface area contributed by atoms with Gasteiger partial charge in [-0.05, 0) is 70.7 Å². The van der Waals surface area contributed by atoms with E-state index in [1.54, 1.807) is 37.4 Å². The molecular formula is C23H32F2N2O3S. The molecular weight excluding hydrogens is 422 g/mol. The second kappa shape index (κ2) is 8.70. The molecule has 1 aliphatic heterocycles. The minimum Gasteiger partial charge on any atom is -0.458 e. The van der Waals surface area contributed by atoms with Crippen LogP contribution in [0.5, 0.6) is 0 Å². The number of rotatable bonds is 4. The lowest BCUT2D eigenvalue weighted by Gasteiger charge is -2.45. The summed E-state index contributed by atoms with van der Waals surface area (Å²) in [5.41, 5.74) is 7.16. The van der Waals surface area contributed by atoms with Crippen LogP contribution in [-0.4, -0.2) is 51.5 Å². The number of hydrogen-bond donors (Lipinski definition) is 1. The van der Waals surface area contributed by atoms with Gasteiger partial charge in [0, 0.05) is 35.4 Å². The molecule has 2 N–H and O–H groups in total. The van der Waals surface area contributed by atoms with Crippen molar-refractivity contribution in [2.75, 3.05) is 12.3 Å². The van der Waals surface area contributed by atoms with Crippen LogP contribution in [0, 0.1) is 11.6 Å². The van der Waals surface area contributed by atoms with E-state index in [-0.39, 0.29) is 18.2 Å². The molecule has 1 aliphatic carbocycles. The minimum atomic E-state index is -0.899. The highest BCUT2D eigenvalue weighted by Gasteiger charge is 2.47. The monoisotopic (exact) mass is 454 g/mol. The van der Waals surface area contributed by atoms with E-state index in [9.17, 15) is 18.4 Å². The van der Waals surface area contributed by atoms with E-state index < -0.39 is 40.0 Å². The first kappa shape index (κ1) is 24.0. The Balaban J connectivity index is 1.77. The van der Waals surface area contributed by atoms with Crippen LogP contribution in [0.4, 0.5) is 8.78 Å². The fourth-order valence-corrected chi connectivity index (χ4v) is 5.76. The molecule has 1 aromatic carbocycles. The van der Waals surface area contributed by atoms with Crippen LogP contribution in [0.1, 0.15) is 64.5 Å². The van der Waals surface area contributed by atoms with Gasteiger partial charge in [0.1, 0.15) is 11.6 Å². The summed E-state index contributed by atoms with van der Waals surface area (Å²) in [7, 11) is 0. The number of carbonyl (C=O) groups is 2. The summed E-state index contributed by atoms with van der Waals surface area (Å²) in [6.07, 6.45) is 1.28. The van der Waals surface area contributed by atoms with Crippen molar-refractivity contribution in [3.8, 4) is 0 Å². The third-order valence-electron chi connectivity index (χ3n) is 5.96. The van der Waals surface area contributed by atoms with Gasteiger partial charge in [0.15, 0.2) is 11.6 Å². The lowest BCUT2D eigenvalue weighted by atomic mass is 9.90. The summed E-state index contributed by atoms with van der Waals surface area (Å²) in [4.78, 5) is 27.8. The molecule has 1 saturated heterocycles. The maximum atomic E-state index is 13.8. The zero-order valence-corrected chi connectivity index (χ0v) is 19.7. The quantitative estimate of drug-likeness (QED) is 0.701. The molecule has 5 nitrogen and oxygen atoms in total. The first-order chi connectivity index (χ1) is 14.3. The molecule has 0 bridgehead atoms. The van der Waals surface area contributed by atoms with Crippen molar-refractivity contribution >= 4 is 23.6 Å². The number of halogens is 2. The number of benzene rings is 1. The fourth-order valence-electron chi connectivity index (χ4n) is 4.57. The Labute approximate surface area is 187 Å². The molecule has 1 aromatic rings. The Morgan fingerprint density at radius 3 is 2.58 bits per heavy atom. The number of nitrogens with zero attached hydrogens (tertiary/aromatic N) is 1. The number of fused-ring (bicyclic) bond motifs is 1. The van der Waals surface area contributed by atoms with Crippen LogP contribution in [0.15, 0.2) is 12.1 Å². The number of esters is 1. The molecule has 0 aromatic heterocycles. The zero-order chi connectivity index (χ0) is 23.1. The summed E-state index contributed by atoms with van der Waals surface area (Å²) in [5.74, 6) is -1.91. The maximum absolute atomic E-state index is 13.8. The number of thioether (sulfide) groups is 1. The molecule has 0 spiro atoms. The molecule has 0 radical (unpaired) electrons. The second-order valence-corrected chi connectivity index (χ2v) is 11.7. The van der Waals surface area contributed by atoms with E-state index in [1.165, 1.54) is 12.1 Å². The molecule has 3 unspecified atom stereocenters. The summed E-state index contributed by atoms with van der Waals surface area (Å²) in [5, 5.41) is 0. The smallest absolute Gasteiger partial charge is 0.330 e. The number of hydrogen-bond acceptors (Lipinski definition) is 5. The molecule has 3 rings (SSSR count). The fraction of sp³-hybridized carbons (Fsp3) is 0.652. The van der Waals surface area contributed by atoms with Crippen molar-refractivity contribution in [1.82, 2.24) is 4.90 Å². The second-order valence-electron chi connectivity index (χ2n) is 9.95. The molecule has 3 atom stereocenters. The van der Waals surface area contributed by atoms with E-state index in [2.05, 4.69) is 0 Å². The average molecular weight is 455 g/mol. The van der Waals surface area contributed by atoms with Crippen LogP contribution in [0.3, 0.4) is 0 Å². The van der Waals surface area contributed by atoms with Gasteiger partial charge in [-0.15, -0.1) is 0 Å². The molecule has 31 heavy (non-hydrogen) atoms. The van der Waals surface area contributed by atoms with Crippen LogP contribution < -0.4 is 5.73 Å². The highest BCUT2D eigenvalue weighted by molar-refractivity contribution is 8.00. The molecule has 2 aliphatic rings. The van der Waals surface area contributed by atoms with E-state index >= 15 is 0 Å². The highest BCUT2D eigenvalue weighted by Crippen LogP contribution is 2.39. The average Bonchev–Trinajstić information content (AvgIpc) is 3.02. The third kappa shape index (κ3) is 5.22. The van der Waals surface area contributed by atoms with Gasteiger partial charge in [0.25, 0.3) is 0 Å². The number of amides is 1. The molecule has 0 saturated carbocycles. The van der Waals surface area contributed by atoms with Crippen LogP contribution in [-0.2, 0) is 20.7 Å². The summed E-state index contributed by atoms with van der Waals surface area (Å²) in [6.45, 7) is 9.72. The number of nitrogens with two attached hydrogens (primary N) is 1. The lowest BCUT2D eigenvalue weighted by molar-refractivity contribution is -0.166. The van der Waals surface area contributed by atoms with E-state index in [0.29, 0.717) is 30.7 Å². The van der Waals surface area contributed by atoms with Crippen LogP contribution >= 0.6 is 11.8 Å². The first-order valence-corrected chi connectivity index (χ1v) is 11.7. The van der Waals surface area contributed by atoms with Gasteiger partial charge >= 0.3 is 5.97 Å². The Morgan fingerprint density at radius 2 is 1.94 bits per heavy atom. The molecule has 1 heterocycles. The highest BCUT2D eigenvalue weighted by atomic mass is 32.2. The van der Waals surface area contributed by atoms with Gasteiger partial charge in [-0.25, -0.2) is 13.6 Å². The lowest BCUT2D eigenvalue weighted by Crippen LogP contribution is -2.60. The van der Waals surface area contributed by atoms with Crippen molar-refractivity contribution in [3.63, 3.8) is 0 Å². The van der Waals surface area contributed by atoms with Crippen LogP contribution in [0.2, 0.25) is 0 Å². The van der Waals surface area contributed by atoms with E-state index in [1.807, 2.05) is 13.8 Å². The van der Waals surface area contributed by atoms with E-state index in [0.717, 1.165) is 5.56 Å². The number of aryl methyl sites for hydroxylation is 1. The standard InChI is InChI=1S/C23H32F2N2O3S/c1-22(2,3)30-21(29)20-23(4,5)31-9-8-27(20)19(28)12-18(26)14-7-6-13-10-16(24)17(25)11-15(13)14/h10-11,14,18,20H,6-9,12,26H2,1-5H3. The van der Waals surface area contributed by atoms with Gasteiger partial charge in [0.05, 0.1) is 0 Å². The summed E-state index contributed by atoms with van der Waals surface area (Å²) in [6, 6.07) is 1.17. The van der Waals surface area contributed by atoms with Gasteiger partial charge in [-0.2, -0.15) is 11.8 Å². The van der Waals surface area contributed by atoms with Gasteiger partial charge in [-0.3, -0.25) is 4.79 Å². The molecule has 1 amide bonds. The Hall–Kier alpha value is -1.67. The first-order valence-electron chi connectivity index (χ1n) is 10.7. The van der Waals surface area contributed by atoms with Crippen molar-refractivity contribution < 1.29 is 23.1 Å². The van der Waals surface area contributed by atoms with Gasteiger partial charge in [-0.1, -0.05) is 0 Å². The Kier molecular flexibility index (Phi) is 6.73. The normalized spacial score (nSPS) is 23.9. The van der Waals surface area contributed by atoms with Crippen LogP contribution in [0.25, 0.3) is 0 Å². The topological polar surface area (TPSA) is 72.6 Å². The predicted octanol–water partition coefficient (Wildman–Crippen LogP) is 3.78. The number of carbonyl (C=O) groups excluding carboxylic acids is 2. The maximum Gasteiger partial charge on any atom is 0.330 e.